The predicted molar refractivity (Wildman–Crippen MR) is 70.5 cm³/mol. The van der Waals surface area contributed by atoms with Crippen molar-refractivity contribution in [2.45, 2.75) is 13.0 Å². The van der Waals surface area contributed by atoms with Gasteiger partial charge in [-0.25, -0.2) is 8.78 Å². The molecule has 0 saturated carbocycles. The molecule has 1 atom stereocenters. The van der Waals surface area contributed by atoms with Crippen LogP contribution in [0.5, 0.6) is 11.5 Å². The maximum absolute atomic E-state index is 13.8. The van der Waals surface area contributed by atoms with Crippen LogP contribution in [0, 0.1) is 11.6 Å². The zero-order valence-electron chi connectivity index (χ0n) is 10.2. The fourth-order valence-electron chi connectivity index (χ4n) is 1.65. The van der Waals surface area contributed by atoms with E-state index in [-0.39, 0.29) is 22.6 Å². The smallest absolute Gasteiger partial charge is 0.167 e. The van der Waals surface area contributed by atoms with Crippen LogP contribution in [-0.2, 0) is 0 Å². The minimum atomic E-state index is -0.560. The summed E-state index contributed by atoms with van der Waals surface area (Å²) in [5.74, 6) is -0.816. The number of halogens is 3. The molecule has 0 aliphatic rings. The van der Waals surface area contributed by atoms with Gasteiger partial charge in [0.15, 0.2) is 11.6 Å². The van der Waals surface area contributed by atoms with Crippen molar-refractivity contribution in [3.8, 4) is 11.5 Å². The summed E-state index contributed by atoms with van der Waals surface area (Å²) in [6.07, 6.45) is 0. The Kier molecular flexibility index (Phi) is 4.02. The molecule has 2 aromatic carbocycles. The van der Waals surface area contributed by atoms with Crippen LogP contribution in [0.15, 0.2) is 36.4 Å². The molecule has 0 heterocycles. The summed E-state index contributed by atoms with van der Waals surface area (Å²) in [6, 6.07) is 7.93. The van der Waals surface area contributed by atoms with E-state index in [2.05, 4.69) is 0 Å². The highest BCUT2D eigenvalue weighted by molar-refractivity contribution is 6.30. The number of hydrogen-bond acceptors (Lipinski definition) is 2. The van der Waals surface area contributed by atoms with Gasteiger partial charge < -0.3 is 10.5 Å². The molecule has 0 bridgehead atoms. The summed E-state index contributed by atoms with van der Waals surface area (Å²) in [6.45, 7) is 1.72. The van der Waals surface area contributed by atoms with Gasteiger partial charge in [-0.2, -0.15) is 0 Å². The quantitative estimate of drug-likeness (QED) is 0.904. The summed E-state index contributed by atoms with van der Waals surface area (Å²) >= 11 is 5.65. The van der Waals surface area contributed by atoms with Gasteiger partial charge in [-0.05, 0) is 25.1 Å². The molecule has 0 aliphatic carbocycles. The van der Waals surface area contributed by atoms with Crippen LogP contribution in [-0.4, -0.2) is 0 Å². The standard InChI is InChI=1S/C14H12ClF2NO/c1-8(18)10-3-2-4-13(17)14(10)19-9-5-6-12(16)11(15)7-9/h2-8H,18H2,1H3. The van der Waals surface area contributed by atoms with Crippen molar-refractivity contribution in [3.63, 3.8) is 0 Å². The van der Waals surface area contributed by atoms with Crippen LogP contribution in [0.4, 0.5) is 8.78 Å². The van der Waals surface area contributed by atoms with Crippen molar-refractivity contribution in [3.05, 3.63) is 58.6 Å². The van der Waals surface area contributed by atoms with Crippen molar-refractivity contribution < 1.29 is 13.5 Å². The van der Waals surface area contributed by atoms with Gasteiger partial charge in [-0.1, -0.05) is 23.7 Å². The number of rotatable bonds is 3. The second-order valence-corrected chi connectivity index (χ2v) is 4.53. The molecule has 0 saturated heterocycles. The zero-order chi connectivity index (χ0) is 14.0. The first-order valence-electron chi connectivity index (χ1n) is 5.66. The van der Waals surface area contributed by atoms with Gasteiger partial charge >= 0.3 is 0 Å². The number of nitrogens with two attached hydrogens (primary N) is 1. The van der Waals surface area contributed by atoms with Gasteiger partial charge in [-0.3, -0.25) is 0 Å². The Morgan fingerprint density at radius 1 is 1.16 bits per heavy atom. The highest BCUT2D eigenvalue weighted by Crippen LogP contribution is 2.32. The first-order chi connectivity index (χ1) is 8.99. The highest BCUT2D eigenvalue weighted by Gasteiger charge is 2.14. The van der Waals surface area contributed by atoms with E-state index < -0.39 is 11.6 Å². The molecule has 2 nitrogen and oxygen atoms in total. The Labute approximate surface area is 114 Å². The molecule has 100 valence electrons. The molecular weight excluding hydrogens is 272 g/mol. The monoisotopic (exact) mass is 283 g/mol. The summed E-state index contributed by atoms with van der Waals surface area (Å²) in [5.41, 5.74) is 6.29. The molecule has 0 aromatic heterocycles. The normalized spacial score (nSPS) is 12.3. The molecule has 2 aromatic rings. The second-order valence-electron chi connectivity index (χ2n) is 4.12. The fourth-order valence-corrected chi connectivity index (χ4v) is 1.82. The largest absolute Gasteiger partial charge is 0.454 e. The van der Waals surface area contributed by atoms with Gasteiger partial charge in [0.25, 0.3) is 0 Å². The lowest BCUT2D eigenvalue weighted by Gasteiger charge is -2.14. The molecule has 0 amide bonds. The minimum Gasteiger partial charge on any atom is -0.454 e. The summed E-state index contributed by atoms with van der Waals surface area (Å²) in [5, 5.41) is -0.0869. The number of ether oxygens (including phenoxy) is 1. The van der Waals surface area contributed by atoms with E-state index in [1.807, 2.05) is 0 Å². The highest BCUT2D eigenvalue weighted by atomic mass is 35.5. The van der Waals surface area contributed by atoms with Crippen LogP contribution in [0.2, 0.25) is 5.02 Å². The molecule has 1 unspecified atom stereocenters. The number of benzene rings is 2. The second kappa shape index (κ2) is 5.55. The molecule has 0 aliphatic heterocycles. The maximum atomic E-state index is 13.8. The van der Waals surface area contributed by atoms with Gasteiger partial charge in [0.1, 0.15) is 11.6 Å². The lowest BCUT2D eigenvalue weighted by atomic mass is 10.1. The Morgan fingerprint density at radius 3 is 2.53 bits per heavy atom. The lowest BCUT2D eigenvalue weighted by Crippen LogP contribution is -2.07. The maximum Gasteiger partial charge on any atom is 0.167 e. The summed E-state index contributed by atoms with van der Waals surface area (Å²) < 4.78 is 32.3. The third kappa shape index (κ3) is 3.03. The van der Waals surface area contributed by atoms with Crippen molar-refractivity contribution >= 4 is 11.6 Å². The third-order valence-corrected chi connectivity index (χ3v) is 2.89. The Bertz CT molecular complexity index is 602. The number of hydrogen-bond donors (Lipinski definition) is 1. The number of para-hydroxylation sites is 1. The van der Waals surface area contributed by atoms with Gasteiger partial charge in [0, 0.05) is 17.7 Å². The van der Waals surface area contributed by atoms with Crippen molar-refractivity contribution in [2.24, 2.45) is 5.73 Å². The van der Waals surface area contributed by atoms with Crippen LogP contribution < -0.4 is 10.5 Å². The molecule has 2 N–H and O–H groups in total. The van der Waals surface area contributed by atoms with Crippen LogP contribution >= 0.6 is 11.6 Å². The van der Waals surface area contributed by atoms with Crippen molar-refractivity contribution in [1.82, 2.24) is 0 Å². The third-order valence-electron chi connectivity index (χ3n) is 2.60. The Balaban J connectivity index is 2.40. The van der Waals surface area contributed by atoms with Gasteiger partial charge in [0.2, 0.25) is 0 Å². The topological polar surface area (TPSA) is 35.2 Å². The SMILES string of the molecule is CC(N)c1cccc(F)c1Oc1ccc(F)c(Cl)c1. The zero-order valence-corrected chi connectivity index (χ0v) is 10.9. The fraction of sp³-hybridized carbons (Fsp3) is 0.143. The molecule has 5 heteroatoms. The Hall–Kier alpha value is -1.65. The Morgan fingerprint density at radius 2 is 1.89 bits per heavy atom. The van der Waals surface area contributed by atoms with Crippen LogP contribution in [0.1, 0.15) is 18.5 Å². The molecular formula is C14H12ClF2NO. The average molecular weight is 284 g/mol. The predicted octanol–water partition coefficient (Wildman–Crippen LogP) is 4.43. The van der Waals surface area contributed by atoms with Crippen molar-refractivity contribution in [1.29, 1.82) is 0 Å². The van der Waals surface area contributed by atoms with E-state index in [0.717, 1.165) is 6.07 Å². The minimum absolute atomic E-state index is 0.0279. The summed E-state index contributed by atoms with van der Waals surface area (Å²) in [4.78, 5) is 0. The average Bonchev–Trinajstić information content (AvgIpc) is 2.36. The molecule has 0 fully saturated rings. The van der Waals surface area contributed by atoms with E-state index in [1.54, 1.807) is 19.1 Å². The van der Waals surface area contributed by atoms with Gasteiger partial charge in [-0.15, -0.1) is 0 Å². The van der Waals surface area contributed by atoms with E-state index in [9.17, 15) is 8.78 Å². The van der Waals surface area contributed by atoms with E-state index in [4.69, 9.17) is 22.1 Å². The van der Waals surface area contributed by atoms with Gasteiger partial charge in [0.05, 0.1) is 5.02 Å². The van der Waals surface area contributed by atoms with Crippen molar-refractivity contribution in [2.75, 3.05) is 0 Å². The lowest BCUT2D eigenvalue weighted by molar-refractivity contribution is 0.431. The molecule has 19 heavy (non-hydrogen) atoms. The first-order valence-corrected chi connectivity index (χ1v) is 6.03. The van der Waals surface area contributed by atoms with E-state index >= 15 is 0 Å². The summed E-state index contributed by atoms with van der Waals surface area (Å²) in [7, 11) is 0. The van der Waals surface area contributed by atoms with Crippen LogP contribution in [0.25, 0.3) is 0 Å². The first kappa shape index (κ1) is 13.8. The molecule has 2 rings (SSSR count). The van der Waals surface area contributed by atoms with Crippen LogP contribution in [0.3, 0.4) is 0 Å². The van der Waals surface area contributed by atoms with E-state index in [0.29, 0.717) is 5.56 Å². The van der Waals surface area contributed by atoms with E-state index in [1.165, 1.54) is 18.2 Å². The molecule has 0 spiro atoms. The molecule has 0 radical (unpaired) electrons.